The predicted octanol–water partition coefficient (Wildman–Crippen LogP) is 20.0. The molecule has 0 aliphatic carbocycles. The highest BCUT2D eigenvalue weighted by molar-refractivity contribution is 7.46. The number of nitrogens with one attached hydrogen (secondary N) is 2. The fourth-order valence-electron chi connectivity index (χ4n) is 15.9. The molecule has 5 unspecified atom stereocenters. The van der Waals surface area contributed by atoms with Crippen molar-refractivity contribution in [3.63, 3.8) is 0 Å². The molecule has 2 amide bonds. The lowest BCUT2D eigenvalue weighted by molar-refractivity contribution is -0.285. The van der Waals surface area contributed by atoms with Crippen molar-refractivity contribution >= 4 is 43.5 Å². The SMILES string of the molecule is CCCCCCCCCCCCC(=O)O[C@H](CCCCCCCCCC)CC(=O)NC1[C@H](OCC2OC(C)C(NC(=O)C[C@H](O)CCCCCCCCCC)[C@@H](OC(=O)C[C@H](O)CCCCCCCCCC)[C@@H]2O)OC(CO)[C@@H](OP(=O)(O)O)[C@@H]1OC(=O)C[C@@H](CCCCCCCCCC)OC(=O)CCCCCCCCCCCC. The second-order valence-electron chi connectivity index (χ2n) is 33.9. The quantitative estimate of drug-likeness (QED) is 0.0121. The molecule has 14 atom stereocenters. The third kappa shape index (κ3) is 56.1. The van der Waals surface area contributed by atoms with E-state index in [1.165, 1.54) is 89.9 Å². The number of rotatable bonds is 78. The Bertz CT molecular complexity index is 2440. The monoisotopic (exact) mass is 1660 g/mol. The van der Waals surface area contributed by atoms with Gasteiger partial charge in [-0.15, -0.1) is 0 Å². The number of carbonyl (C=O) groups excluding carboxylic acids is 6. The number of phosphoric ester groups is 1. The van der Waals surface area contributed by atoms with Crippen LogP contribution >= 0.6 is 7.82 Å². The van der Waals surface area contributed by atoms with Gasteiger partial charge in [-0.3, -0.25) is 33.3 Å². The predicted molar refractivity (Wildman–Crippen MR) is 455 cm³/mol. The lowest BCUT2D eigenvalue weighted by Crippen LogP contribution is -2.67. The summed E-state index contributed by atoms with van der Waals surface area (Å²) in [4.78, 5) is 107. The van der Waals surface area contributed by atoms with Crippen LogP contribution in [0.3, 0.4) is 0 Å². The van der Waals surface area contributed by atoms with E-state index in [9.17, 15) is 58.8 Å². The van der Waals surface area contributed by atoms with Gasteiger partial charge in [0.2, 0.25) is 11.8 Å². The molecular formula is C91H171N2O21P. The normalized spacial score (nSPS) is 20.8. The van der Waals surface area contributed by atoms with Gasteiger partial charge in [0, 0.05) is 12.8 Å². The Hall–Kier alpha value is -3.35. The Labute approximate surface area is 697 Å². The summed E-state index contributed by atoms with van der Waals surface area (Å²) in [7, 11) is -5.59. The average Bonchev–Trinajstić information content (AvgIpc) is 0.799. The van der Waals surface area contributed by atoms with Crippen molar-refractivity contribution in [1.82, 2.24) is 10.6 Å². The molecular weight excluding hydrogens is 1490 g/mol. The highest BCUT2D eigenvalue weighted by atomic mass is 31.2. The number of carbonyl (C=O) groups is 6. The van der Waals surface area contributed by atoms with Gasteiger partial charge in [0.25, 0.3) is 0 Å². The van der Waals surface area contributed by atoms with E-state index in [0.717, 1.165) is 205 Å². The van der Waals surface area contributed by atoms with Crippen molar-refractivity contribution in [2.75, 3.05) is 13.2 Å². The number of amides is 2. The number of phosphoric acid groups is 1. The van der Waals surface area contributed by atoms with Crippen molar-refractivity contribution in [2.45, 2.75) is 532 Å². The highest BCUT2D eigenvalue weighted by Gasteiger charge is 2.54. The van der Waals surface area contributed by atoms with E-state index in [2.05, 4.69) is 52.2 Å². The molecule has 24 heteroatoms. The fourth-order valence-corrected chi connectivity index (χ4v) is 16.5. The molecule has 2 aliphatic heterocycles. The molecule has 0 spiro atoms. The zero-order valence-corrected chi connectivity index (χ0v) is 74.5. The standard InChI is InChI=1S/C91H171N2O21P/c1-8-14-20-26-32-38-40-46-52-58-64-81(99)109-75(62-56-50-44-36-30-24-18-12-5)68-80(98)93-86-90(113-84(102)69-76(63-57-51-45-37-31-25-19-13-6)110-82(100)65-59-53-47-41-39-33-27-21-15-9-2)88(114-115(104,105)106)77(70-94)111-91(86)107-71-78-87(103)89(112-83(101)67-74(96)61-55-49-43-35-29-23-17-11-4)85(72(7)108-78)92-79(97)66-73(95)60-54-48-42-34-28-22-16-10-3/h72-78,85-91,94-96,103H,8-71H2,1-7H3,(H,92,97)(H,93,98)(H2,104,105,106)/t72?,73-,74-,75-,76-,77?,78?,85?,86?,87-,88-,89-,90-,91-/m1/s1. The topological polar surface area (TPSA) is 339 Å². The number of esters is 4. The van der Waals surface area contributed by atoms with Gasteiger partial charge in [-0.2, -0.15) is 0 Å². The van der Waals surface area contributed by atoms with Gasteiger partial charge in [-0.25, -0.2) is 4.57 Å². The Balaban J connectivity index is 2.73. The van der Waals surface area contributed by atoms with Crippen LogP contribution in [0.1, 0.15) is 447 Å². The molecule has 2 aliphatic rings. The van der Waals surface area contributed by atoms with Crippen molar-refractivity contribution in [2.24, 2.45) is 0 Å². The molecule has 2 saturated heterocycles. The summed E-state index contributed by atoms with van der Waals surface area (Å²) in [5.74, 6) is -4.19. The molecule has 2 rings (SSSR count). The van der Waals surface area contributed by atoms with E-state index in [0.29, 0.717) is 57.8 Å². The van der Waals surface area contributed by atoms with E-state index in [1.54, 1.807) is 6.92 Å². The summed E-state index contributed by atoms with van der Waals surface area (Å²) in [6.45, 7) is 13.0. The van der Waals surface area contributed by atoms with Crippen LogP contribution in [0.15, 0.2) is 0 Å². The molecule has 0 bridgehead atoms. The van der Waals surface area contributed by atoms with Crippen LogP contribution in [0.5, 0.6) is 0 Å². The first-order valence-electron chi connectivity index (χ1n) is 47.3. The van der Waals surface area contributed by atoms with E-state index >= 15 is 4.79 Å². The molecule has 23 nitrogen and oxygen atoms in total. The van der Waals surface area contributed by atoms with Gasteiger partial charge in [0.05, 0.1) is 63.3 Å². The van der Waals surface area contributed by atoms with Gasteiger partial charge in [-0.1, -0.05) is 350 Å². The first kappa shape index (κ1) is 108. The summed E-state index contributed by atoms with van der Waals surface area (Å²) in [5.41, 5.74) is 0. The summed E-state index contributed by atoms with van der Waals surface area (Å²) < 4.78 is 62.5. The van der Waals surface area contributed by atoms with E-state index in [1.807, 2.05) is 0 Å². The Morgan fingerprint density at radius 1 is 0.374 bits per heavy atom. The van der Waals surface area contributed by atoms with Crippen molar-refractivity contribution in [3.05, 3.63) is 0 Å². The van der Waals surface area contributed by atoms with Crippen LogP contribution in [0, 0.1) is 0 Å². The number of aliphatic hydroxyl groups is 4. The molecule has 0 saturated carbocycles. The van der Waals surface area contributed by atoms with Crippen molar-refractivity contribution < 1.29 is 101 Å². The van der Waals surface area contributed by atoms with Gasteiger partial charge in [0.15, 0.2) is 18.5 Å². The summed E-state index contributed by atoms with van der Waals surface area (Å²) >= 11 is 0. The molecule has 2 fully saturated rings. The van der Waals surface area contributed by atoms with Gasteiger partial charge in [0.1, 0.15) is 42.7 Å². The smallest absolute Gasteiger partial charge is 0.462 e. The lowest BCUT2D eigenvalue weighted by atomic mass is 9.92. The van der Waals surface area contributed by atoms with Crippen LogP contribution in [0.25, 0.3) is 0 Å². The molecule has 0 radical (unpaired) electrons. The van der Waals surface area contributed by atoms with E-state index < -0.39 is 162 Å². The molecule has 0 aromatic heterocycles. The third-order valence-corrected chi connectivity index (χ3v) is 23.4. The lowest BCUT2D eigenvalue weighted by Gasteiger charge is -2.47. The highest BCUT2D eigenvalue weighted by Crippen LogP contribution is 2.43. The third-order valence-electron chi connectivity index (χ3n) is 22.9. The summed E-state index contributed by atoms with van der Waals surface area (Å²) in [6.07, 6.45) is 36.3. The molecule has 8 N–H and O–H groups in total. The van der Waals surface area contributed by atoms with Crippen LogP contribution in [0.4, 0.5) is 0 Å². The van der Waals surface area contributed by atoms with Crippen molar-refractivity contribution in [1.29, 1.82) is 0 Å². The zero-order chi connectivity index (χ0) is 84.4. The first-order valence-corrected chi connectivity index (χ1v) is 48.8. The van der Waals surface area contributed by atoms with Crippen LogP contribution in [-0.4, -0.2) is 165 Å². The number of hydrogen-bond donors (Lipinski definition) is 8. The van der Waals surface area contributed by atoms with Gasteiger partial charge >= 0.3 is 31.7 Å². The second kappa shape index (κ2) is 71.2. The second-order valence-corrected chi connectivity index (χ2v) is 35.0. The van der Waals surface area contributed by atoms with E-state index in [-0.39, 0.29) is 25.7 Å². The van der Waals surface area contributed by atoms with Gasteiger partial charge in [-0.05, 0) is 58.3 Å². The van der Waals surface area contributed by atoms with Crippen LogP contribution < -0.4 is 10.6 Å². The summed E-state index contributed by atoms with van der Waals surface area (Å²) in [5, 5.41) is 51.6. The average molecular weight is 1660 g/mol. The molecule has 115 heavy (non-hydrogen) atoms. The molecule has 0 aromatic carbocycles. The number of unbranched alkanes of at least 4 members (excludes halogenated alkanes) is 46. The molecule has 676 valence electrons. The Kier molecular flexibility index (Phi) is 66.7. The number of ether oxygens (including phenoxy) is 7. The molecule has 0 aromatic rings. The van der Waals surface area contributed by atoms with Crippen LogP contribution in [0.2, 0.25) is 0 Å². The largest absolute Gasteiger partial charge is 0.470 e. The first-order chi connectivity index (χ1) is 55.6. The molecule has 2 heterocycles. The fraction of sp³-hybridized carbons (Fsp3) is 0.934. The minimum Gasteiger partial charge on any atom is -0.462 e. The minimum absolute atomic E-state index is 0.125. The van der Waals surface area contributed by atoms with E-state index in [4.69, 9.17) is 37.7 Å². The maximum Gasteiger partial charge on any atom is 0.470 e. The Morgan fingerprint density at radius 3 is 1.08 bits per heavy atom. The Morgan fingerprint density at radius 2 is 0.696 bits per heavy atom. The number of hydrogen-bond acceptors (Lipinski definition) is 19. The van der Waals surface area contributed by atoms with Gasteiger partial charge < -0.3 is 74.0 Å². The minimum atomic E-state index is -5.59. The summed E-state index contributed by atoms with van der Waals surface area (Å²) in [6, 6.07) is -2.96. The zero-order valence-electron chi connectivity index (χ0n) is 73.6. The number of aliphatic hydroxyl groups excluding tert-OH is 4. The van der Waals surface area contributed by atoms with Crippen molar-refractivity contribution in [3.8, 4) is 0 Å². The maximum absolute atomic E-state index is 15.1. The van der Waals surface area contributed by atoms with Crippen LogP contribution in [-0.2, 0) is 71.0 Å². The maximum atomic E-state index is 15.1.